The SMILES string of the molecule is O[C@@H]1c2ccccc2CC[C@H]1C(O)(C(F)(F)F)C(F)(F)F. The van der Waals surface area contributed by atoms with Gasteiger partial charge in [0, 0.05) is 5.92 Å². The summed E-state index contributed by atoms with van der Waals surface area (Å²) in [4.78, 5) is 0. The number of halogens is 6. The Bertz CT molecular complexity index is 508. The zero-order valence-corrected chi connectivity index (χ0v) is 10.5. The number of alkyl halides is 6. The van der Waals surface area contributed by atoms with Crippen molar-refractivity contribution in [2.45, 2.75) is 36.9 Å². The van der Waals surface area contributed by atoms with E-state index in [0.29, 0.717) is 5.56 Å². The van der Waals surface area contributed by atoms with Crippen molar-refractivity contribution in [3.63, 3.8) is 0 Å². The summed E-state index contributed by atoms with van der Waals surface area (Å²) < 4.78 is 77.1. The molecule has 0 fully saturated rings. The molecule has 0 radical (unpaired) electrons. The van der Waals surface area contributed by atoms with Gasteiger partial charge in [0.15, 0.2) is 0 Å². The number of fused-ring (bicyclic) bond motifs is 1. The molecule has 118 valence electrons. The van der Waals surface area contributed by atoms with Crippen LogP contribution in [-0.4, -0.2) is 28.2 Å². The molecule has 2 nitrogen and oxygen atoms in total. The molecule has 21 heavy (non-hydrogen) atoms. The Morgan fingerprint density at radius 3 is 2.00 bits per heavy atom. The molecule has 2 N–H and O–H groups in total. The summed E-state index contributed by atoms with van der Waals surface area (Å²) in [6.07, 6.45) is -14.6. The van der Waals surface area contributed by atoms with Gasteiger partial charge in [-0.2, -0.15) is 26.3 Å². The van der Waals surface area contributed by atoms with E-state index in [0.717, 1.165) is 0 Å². The maximum atomic E-state index is 12.9. The Balaban J connectivity index is 2.50. The average molecular weight is 314 g/mol. The lowest BCUT2D eigenvalue weighted by Crippen LogP contribution is -2.63. The highest BCUT2D eigenvalue weighted by molar-refractivity contribution is 5.33. The maximum absolute atomic E-state index is 12.9. The fraction of sp³-hybridized carbons (Fsp3) is 0.538. The minimum atomic E-state index is -5.93. The first-order valence-corrected chi connectivity index (χ1v) is 6.12. The molecule has 0 bridgehead atoms. The molecule has 0 amide bonds. The lowest BCUT2D eigenvalue weighted by Gasteiger charge is -2.43. The van der Waals surface area contributed by atoms with Gasteiger partial charge in [-0.25, -0.2) is 0 Å². The first kappa shape index (κ1) is 16.1. The summed E-state index contributed by atoms with van der Waals surface area (Å²) in [6.45, 7) is 0. The van der Waals surface area contributed by atoms with Gasteiger partial charge in [-0.15, -0.1) is 0 Å². The van der Waals surface area contributed by atoms with E-state index in [2.05, 4.69) is 0 Å². The highest BCUT2D eigenvalue weighted by atomic mass is 19.4. The van der Waals surface area contributed by atoms with Gasteiger partial charge in [0.1, 0.15) is 0 Å². The van der Waals surface area contributed by atoms with Gasteiger partial charge >= 0.3 is 12.4 Å². The third-order valence-corrected chi connectivity index (χ3v) is 3.88. The second-order valence-electron chi connectivity index (χ2n) is 5.05. The Morgan fingerprint density at radius 1 is 0.952 bits per heavy atom. The van der Waals surface area contributed by atoms with Crippen LogP contribution in [0.1, 0.15) is 23.7 Å². The first-order valence-electron chi connectivity index (χ1n) is 6.12. The van der Waals surface area contributed by atoms with Gasteiger partial charge in [0.2, 0.25) is 0 Å². The summed E-state index contributed by atoms with van der Waals surface area (Å²) in [5.41, 5.74) is -4.47. The van der Waals surface area contributed by atoms with Gasteiger partial charge in [-0.05, 0) is 24.0 Å². The Morgan fingerprint density at radius 2 is 1.48 bits per heavy atom. The molecule has 0 unspecified atom stereocenters. The molecule has 0 saturated carbocycles. The summed E-state index contributed by atoms with van der Waals surface area (Å²) in [7, 11) is 0. The van der Waals surface area contributed by atoms with Crippen LogP contribution in [0.25, 0.3) is 0 Å². The third-order valence-electron chi connectivity index (χ3n) is 3.88. The van der Waals surface area contributed by atoms with Crippen molar-refractivity contribution in [1.82, 2.24) is 0 Å². The molecule has 2 atom stereocenters. The summed E-state index contributed by atoms with van der Waals surface area (Å²) >= 11 is 0. The van der Waals surface area contributed by atoms with Crippen LogP contribution in [0.4, 0.5) is 26.3 Å². The lowest BCUT2D eigenvalue weighted by atomic mass is 9.71. The molecule has 8 heteroatoms. The number of benzene rings is 1. The van der Waals surface area contributed by atoms with Crippen molar-refractivity contribution in [3.05, 3.63) is 35.4 Å². The van der Waals surface area contributed by atoms with E-state index in [4.69, 9.17) is 0 Å². The predicted octanol–water partition coefficient (Wildman–Crippen LogP) is 3.14. The highest BCUT2D eigenvalue weighted by Gasteiger charge is 2.74. The predicted molar refractivity (Wildman–Crippen MR) is 60.3 cm³/mol. The largest absolute Gasteiger partial charge is 0.426 e. The van der Waals surface area contributed by atoms with Gasteiger partial charge < -0.3 is 10.2 Å². The van der Waals surface area contributed by atoms with E-state index in [1.54, 1.807) is 6.07 Å². The van der Waals surface area contributed by atoms with Crippen LogP contribution in [-0.2, 0) is 6.42 Å². The van der Waals surface area contributed by atoms with Crippen molar-refractivity contribution in [1.29, 1.82) is 0 Å². The molecule has 1 aliphatic rings. The van der Waals surface area contributed by atoms with Crippen molar-refractivity contribution < 1.29 is 36.6 Å². The van der Waals surface area contributed by atoms with Crippen molar-refractivity contribution in [3.8, 4) is 0 Å². The number of aryl methyl sites for hydroxylation is 1. The second-order valence-corrected chi connectivity index (χ2v) is 5.05. The van der Waals surface area contributed by atoms with Gasteiger partial charge in [0.05, 0.1) is 6.10 Å². The van der Waals surface area contributed by atoms with E-state index in [1.165, 1.54) is 18.2 Å². The van der Waals surface area contributed by atoms with E-state index in [1.807, 2.05) is 0 Å². The maximum Gasteiger partial charge on any atom is 0.426 e. The molecule has 0 spiro atoms. The number of aliphatic hydroxyl groups excluding tert-OH is 1. The molecule has 0 saturated heterocycles. The average Bonchev–Trinajstić information content (AvgIpc) is 2.36. The zero-order chi connectivity index (χ0) is 16.1. The van der Waals surface area contributed by atoms with Crippen LogP contribution < -0.4 is 0 Å². The van der Waals surface area contributed by atoms with Crippen molar-refractivity contribution in [2.75, 3.05) is 0 Å². The normalized spacial score (nSPS) is 23.8. The molecule has 1 aromatic carbocycles. The molecule has 0 aliphatic heterocycles. The van der Waals surface area contributed by atoms with Crippen molar-refractivity contribution in [2.24, 2.45) is 5.92 Å². The standard InChI is InChI=1S/C13H12F6O2/c14-12(15,16)11(21,13(17,18)19)9-6-5-7-3-1-2-4-8(7)10(9)20/h1-4,9-10,20-21H,5-6H2/t9-,10-/m1/s1. The van der Waals surface area contributed by atoms with Gasteiger partial charge in [0.25, 0.3) is 5.60 Å². The first-order chi connectivity index (χ1) is 9.50. The molecular weight excluding hydrogens is 302 g/mol. The van der Waals surface area contributed by atoms with Crippen molar-refractivity contribution >= 4 is 0 Å². The molecule has 1 aromatic rings. The summed E-state index contributed by atoms with van der Waals surface area (Å²) in [5.74, 6) is -2.40. The third kappa shape index (κ3) is 2.40. The number of hydrogen-bond acceptors (Lipinski definition) is 2. The van der Waals surface area contributed by atoms with Gasteiger partial charge in [-0.1, -0.05) is 24.3 Å². The van der Waals surface area contributed by atoms with E-state index < -0.39 is 36.4 Å². The molecular formula is C13H12F6O2. The van der Waals surface area contributed by atoms with Crippen LogP contribution in [0.5, 0.6) is 0 Å². The highest BCUT2D eigenvalue weighted by Crippen LogP contribution is 2.53. The molecule has 1 aliphatic carbocycles. The second kappa shape index (κ2) is 4.88. The van der Waals surface area contributed by atoms with Gasteiger partial charge in [-0.3, -0.25) is 0 Å². The molecule has 2 rings (SSSR count). The fourth-order valence-electron chi connectivity index (χ4n) is 2.75. The molecule has 0 heterocycles. The fourth-order valence-corrected chi connectivity index (χ4v) is 2.75. The smallest absolute Gasteiger partial charge is 0.388 e. The van der Waals surface area contributed by atoms with Crippen LogP contribution in [0, 0.1) is 5.92 Å². The minimum absolute atomic E-state index is 0.0133. The van der Waals surface area contributed by atoms with Crippen LogP contribution >= 0.6 is 0 Å². The molecule has 0 aromatic heterocycles. The van der Waals surface area contributed by atoms with E-state index in [9.17, 15) is 36.6 Å². The van der Waals surface area contributed by atoms with Crippen LogP contribution in [0.2, 0.25) is 0 Å². The van der Waals surface area contributed by atoms with E-state index >= 15 is 0 Å². The Labute approximate surface area is 116 Å². The number of aliphatic hydroxyl groups is 2. The Kier molecular flexibility index (Phi) is 3.74. The van der Waals surface area contributed by atoms with Crippen LogP contribution in [0.15, 0.2) is 24.3 Å². The Hall–Kier alpha value is -1.28. The topological polar surface area (TPSA) is 40.5 Å². The van der Waals surface area contributed by atoms with E-state index in [-0.39, 0.29) is 12.0 Å². The summed E-state index contributed by atoms with van der Waals surface area (Å²) in [6, 6.07) is 5.77. The minimum Gasteiger partial charge on any atom is -0.388 e. The monoisotopic (exact) mass is 314 g/mol. The number of rotatable bonds is 1. The van der Waals surface area contributed by atoms with Crippen LogP contribution in [0.3, 0.4) is 0 Å². The number of hydrogen-bond donors (Lipinski definition) is 2. The zero-order valence-electron chi connectivity index (χ0n) is 10.5. The quantitative estimate of drug-likeness (QED) is 0.782. The summed E-state index contributed by atoms with van der Waals surface area (Å²) in [5, 5.41) is 19.3. The lowest BCUT2D eigenvalue weighted by molar-refractivity contribution is -0.392.